The van der Waals surface area contributed by atoms with E-state index >= 15 is 0 Å². The van der Waals surface area contributed by atoms with Crippen molar-refractivity contribution in [3.63, 3.8) is 0 Å². The molecule has 15 heavy (non-hydrogen) atoms. The molecule has 0 aliphatic carbocycles. The molecule has 0 saturated carbocycles. The molecule has 1 aromatic carbocycles. The summed E-state index contributed by atoms with van der Waals surface area (Å²) < 4.78 is 18.8. The van der Waals surface area contributed by atoms with Gasteiger partial charge in [-0.1, -0.05) is 15.9 Å². The Morgan fingerprint density at radius 1 is 1.60 bits per heavy atom. The minimum absolute atomic E-state index is 0.0187. The van der Waals surface area contributed by atoms with Crippen LogP contribution in [-0.2, 0) is 4.79 Å². The Labute approximate surface area is 94.3 Å². The quantitative estimate of drug-likeness (QED) is 0.859. The highest BCUT2D eigenvalue weighted by Gasteiger charge is 2.02. The van der Waals surface area contributed by atoms with E-state index in [4.69, 9.17) is 9.84 Å². The van der Waals surface area contributed by atoms with Crippen molar-refractivity contribution >= 4 is 21.9 Å². The van der Waals surface area contributed by atoms with Crippen molar-refractivity contribution in [3.8, 4) is 5.75 Å². The number of aliphatic carboxylic acids is 1. The molecule has 0 fully saturated rings. The Hall–Kier alpha value is -1.36. The Kier molecular flexibility index (Phi) is 4.30. The fourth-order valence-corrected chi connectivity index (χ4v) is 1.21. The van der Waals surface area contributed by atoms with E-state index in [9.17, 15) is 9.18 Å². The molecule has 0 aliphatic rings. The molecule has 80 valence electrons. The summed E-state index contributed by atoms with van der Waals surface area (Å²) >= 11 is 3.11. The third kappa shape index (κ3) is 4.12. The van der Waals surface area contributed by atoms with Crippen LogP contribution in [0.3, 0.4) is 0 Å². The first-order chi connectivity index (χ1) is 7.09. The van der Waals surface area contributed by atoms with Gasteiger partial charge in [0.25, 0.3) is 0 Å². The fourth-order valence-electron chi connectivity index (χ4n) is 0.879. The second-order valence-corrected chi connectivity index (χ2v) is 3.54. The first kappa shape index (κ1) is 11.7. The van der Waals surface area contributed by atoms with E-state index in [1.807, 2.05) is 0 Å². The topological polar surface area (TPSA) is 46.5 Å². The smallest absolute Gasteiger partial charge is 0.328 e. The summed E-state index contributed by atoms with van der Waals surface area (Å²) in [5.41, 5.74) is 0. The summed E-state index contributed by atoms with van der Waals surface area (Å²) in [4.78, 5) is 10.1. The van der Waals surface area contributed by atoms with E-state index in [2.05, 4.69) is 15.9 Å². The van der Waals surface area contributed by atoms with Crippen molar-refractivity contribution in [3.05, 3.63) is 40.6 Å². The van der Waals surface area contributed by atoms with Crippen molar-refractivity contribution in [2.24, 2.45) is 0 Å². The zero-order valence-electron chi connectivity index (χ0n) is 7.61. The Morgan fingerprint density at radius 3 is 2.93 bits per heavy atom. The molecule has 0 heterocycles. The van der Waals surface area contributed by atoms with E-state index in [0.29, 0.717) is 4.47 Å². The standard InChI is InChI=1S/C10H8BrFO3/c11-7-3-4-9(8(12)6-7)15-5-1-2-10(13)14/h1-4,6H,5H2,(H,13,14)/b2-1+. The molecule has 5 heteroatoms. The fraction of sp³-hybridized carbons (Fsp3) is 0.100. The highest BCUT2D eigenvalue weighted by Crippen LogP contribution is 2.21. The number of rotatable bonds is 4. The first-order valence-electron chi connectivity index (χ1n) is 4.07. The summed E-state index contributed by atoms with van der Waals surface area (Å²) in [6.45, 7) is 0.0187. The summed E-state index contributed by atoms with van der Waals surface area (Å²) in [6.07, 6.45) is 2.24. The molecule has 0 aliphatic heterocycles. The van der Waals surface area contributed by atoms with Crippen LogP contribution in [0.5, 0.6) is 5.75 Å². The molecule has 0 bridgehead atoms. The molecule has 1 N–H and O–H groups in total. The molecule has 0 radical (unpaired) electrons. The number of ether oxygens (including phenoxy) is 1. The minimum Gasteiger partial charge on any atom is -0.486 e. The lowest BCUT2D eigenvalue weighted by atomic mass is 10.3. The lowest BCUT2D eigenvalue weighted by molar-refractivity contribution is -0.131. The molecule has 0 saturated heterocycles. The maximum Gasteiger partial charge on any atom is 0.328 e. The molecule has 0 spiro atoms. The van der Waals surface area contributed by atoms with Crippen molar-refractivity contribution in [1.82, 2.24) is 0 Å². The Balaban J connectivity index is 2.54. The highest BCUT2D eigenvalue weighted by molar-refractivity contribution is 9.10. The number of carbonyl (C=O) groups is 1. The maximum absolute atomic E-state index is 13.1. The number of halogens is 2. The molecule has 0 aromatic heterocycles. The van der Waals surface area contributed by atoms with Gasteiger partial charge in [-0.2, -0.15) is 0 Å². The first-order valence-corrected chi connectivity index (χ1v) is 4.86. The highest BCUT2D eigenvalue weighted by atomic mass is 79.9. The molecular formula is C10H8BrFO3. The van der Waals surface area contributed by atoms with Crippen molar-refractivity contribution in [2.45, 2.75) is 0 Å². The van der Waals surface area contributed by atoms with Gasteiger partial charge in [-0.15, -0.1) is 0 Å². The van der Waals surface area contributed by atoms with Crippen LogP contribution in [0.1, 0.15) is 0 Å². The zero-order chi connectivity index (χ0) is 11.3. The van der Waals surface area contributed by atoms with Gasteiger partial charge >= 0.3 is 5.97 Å². The van der Waals surface area contributed by atoms with Crippen LogP contribution in [-0.4, -0.2) is 17.7 Å². The summed E-state index contributed by atoms with van der Waals surface area (Å²) in [6, 6.07) is 4.38. The summed E-state index contributed by atoms with van der Waals surface area (Å²) in [5.74, 6) is -1.46. The van der Waals surface area contributed by atoms with Crippen LogP contribution in [0, 0.1) is 5.82 Å². The summed E-state index contributed by atoms with van der Waals surface area (Å²) in [7, 11) is 0. The molecule has 0 atom stereocenters. The van der Waals surface area contributed by atoms with Gasteiger partial charge < -0.3 is 9.84 Å². The van der Waals surface area contributed by atoms with Crippen LogP contribution in [0.2, 0.25) is 0 Å². The molecule has 1 rings (SSSR count). The van der Waals surface area contributed by atoms with Crippen molar-refractivity contribution in [2.75, 3.05) is 6.61 Å². The van der Waals surface area contributed by atoms with E-state index in [1.165, 1.54) is 18.2 Å². The molecule has 3 nitrogen and oxygen atoms in total. The predicted molar refractivity (Wildman–Crippen MR) is 56.4 cm³/mol. The molecule has 1 aromatic rings. The van der Waals surface area contributed by atoms with E-state index in [0.717, 1.165) is 6.08 Å². The second kappa shape index (κ2) is 5.50. The van der Waals surface area contributed by atoms with Gasteiger partial charge in [-0.05, 0) is 24.3 Å². The minimum atomic E-state index is -1.06. The van der Waals surface area contributed by atoms with E-state index in [-0.39, 0.29) is 12.4 Å². The van der Waals surface area contributed by atoms with Gasteiger partial charge in [0.05, 0.1) is 0 Å². The van der Waals surface area contributed by atoms with Gasteiger partial charge in [0.1, 0.15) is 6.61 Å². The van der Waals surface area contributed by atoms with Gasteiger partial charge in [-0.25, -0.2) is 9.18 Å². The molecule has 0 amide bonds. The number of carboxylic acids is 1. The summed E-state index contributed by atoms with van der Waals surface area (Å²) in [5, 5.41) is 8.28. The largest absolute Gasteiger partial charge is 0.486 e. The third-order valence-corrected chi connectivity index (χ3v) is 1.98. The molecular weight excluding hydrogens is 267 g/mol. The maximum atomic E-state index is 13.1. The third-order valence-electron chi connectivity index (χ3n) is 1.49. The number of carboxylic acid groups (broad SMARTS) is 1. The zero-order valence-corrected chi connectivity index (χ0v) is 9.20. The van der Waals surface area contributed by atoms with Crippen molar-refractivity contribution < 1.29 is 19.0 Å². The van der Waals surface area contributed by atoms with Crippen LogP contribution in [0.4, 0.5) is 4.39 Å². The SMILES string of the molecule is O=C(O)/C=C/COc1ccc(Br)cc1F. The lowest BCUT2D eigenvalue weighted by Crippen LogP contribution is -1.97. The van der Waals surface area contributed by atoms with Crippen LogP contribution in [0.15, 0.2) is 34.8 Å². The van der Waals surface area contributed by atoms with Crippen LogP contribution in [0.25, 0.3) is 0 Å². The van der Waals surface area contributed by atoms with Crippen molar-refractivity contribution in [1.29, 1.82) is 0 Å². The normalized spacial score (nSPS) is 10.5. The second-order valence-electron chi connectivity index (χ2n) is 2.63. The van der Waals surface area contributed by atoms with Gasteiger partial charge in [0.2, 0.25) is 0 Å². The lowest BCUT2D eigenvalue weighted by Gasteiger charge is -2.04. The molecule has 0 unspecified atom stereocenters. The van der Waals surface area contributed by atoms with Gasteiger partial charge in [0, 0.05) is 10.5 Å². The average molecular weight is 275 g/mol. The van der Waals surface area contributed by atoms with Gasteiger partial charge in [-0.3, -0.25) is 0 Å². The number of hydrogen-bond acceptors (Lipinski definition) is 2. The van der Waals surface area contributed by atoms with E-state index < -0.39 is 11.8 Å². The monoisotopic (exact) mass is 274 g/mol. The number of benzene rings is 1. The van der Waals surface area contributed by atoms with Gasteiger partial charge in [0.15, 0.2) is 11.6 Å². The van der Waals surface area contributed by atoms with E-state index in [1.54, 1.807) is 6.07 Å². The predicted octanol–water partition coefficient (Wildman–Crippen LogP) is 2.61. The van der Waals surface area contributed by atoms with Crippen LogP contribution < -0.4 is 4.74 Å². The van der Waals surface area contributed by atoms with Crippen LogP contribution >= 0.6 is 15.9 Å². The number of hydrogen-bond donors (Lipinski definition) is 1. The Morgan fingerprint density at radius 2 is 2.33 bits per heavy atom. The Bertz CT molecular complexity index is 390. The average Bonchev–Trinajstić information content (AvgIpc) is 2.14.